The standard InChI is InChI=1S/C20H26ClN3O/c1-13(2)25-20-10-15(21)5-6-17(20)23-18-9-14(3)12-22-16-7-8-24(4)19(18)11-16/h5-8,10,13,17,20,23H,3,9,11-12H2,1-2,4H3/b19-18-,22-16-. The number of nitrogens with zero attached hydrogens (tertiary/aromatic N) is 2. The Morgan fingerprint density at radius 1 is 1.36 bits per heavy atom. The van der Waals surface area contributed by atoms with E-state index in [0.29, 0.717) is 6.54 Å². The maximum Gasteiger partial charge on any atom is 0.101 e. The van der Waals surface area contributed by atoms with Gasteiger partial charge in [0.2, 0.25) is 0 Å². The summed E-state index contributed by atoms with van der Waals surface area (Å²) < 4.78 is 6.06. The Balaban J connectivity index is 1.88. The smallest absolute Gasteiger partial charge is 0.101 e. The molecule has 2 bridgehead atoms. The van der Waals surface area contributed by atoms with Gasteiger partial charge < -0.3 is 15.0 Å². The van der Waals surface area contributed by atoms with Crippen LogP contribution < -0.4 is 5.32 Å². The van der Waals surface area contributed by atoms with Gasteiger partial charge in [0.05, 0.1) is 18.7 Å². The van der Waals surface area contributed by atoms with Gasteiger partial charge in [-0.1, -0.05) is 29.8 Å². The minimum absolute atomic E-state index is 0.0410. The first-order valence-corrected chi connectivity index (χ1v) is 9.10. The highest BCUT2D eigenvalue weighted by Crippen LogP contribution is 2.27. The van der Waals surface area contributed by atoms with E-state index in [1.807, 2.05) is 26.0 Å². The van der Waals surface area contributed by atoms with Crippen molar-refractivity contribution in [2.45, 2.75) is 44.9 Å². The molecule has 2 aliphatic heterocycles. The van der Waals surface area contributed by atoms with Gasteiger partial charge in [0.1, 0.15) is 6.10 Å². The number of fused-ring (bicyclic) bond motifs is 2. The van der Waals surface area contributed by atoms with Gasteiger partial charge in [-0.15, -0.1) is 0 Å². The van der Waals surface area contributed by atoms with Crippen molar-refractivity contribution in [2.24, 2.45) is 4.99 Å². The number of rotatable bonds is 4. The van der Waals surface area contributed by atoms with Crippen molar-refractivity contribution in [2.75, 3.05) is 13.6 Å². The van der Waals surface area contributed by atoms with Gasteiger partial charge in [-0.05, 0) is 32.1 Å². The number of nitrogens with one attached hydrogen (secondary N) is 1. The average Bonchev–Trinajstić information content (AvgIpc) is 2.54. The first kappa shape index (κ1) is 18.0. The lowest BCUT2D eigenvalue weighted by molar-refractivity contribution is 0.0235. The highest BCUT2D eigenvalue weighted by atomic mass is 35.5. The summed E-state index contributed by atoms with van der Waals surface area (Å²) >= 11 is 6.19. The first-order valence-electron chi connectivity index (χ1n) is 8.73. The van der Waals surface area contributed by atoms with Crippen molar-refractivity contribution in [3.63, 3.8) is 0 Å². The van der Waals surface area contributed by atoms with Gasteiger partial charge in [-0.25, -0.2) is 0 Å². The molecule has 0 amide bonds. The van der Waals surface area contributed by atoms with E-state index in [1.54, 1.807) is 0 Å². The van der Waals surface area contributed by atoms with Gasteiger partial charge in [0.15, 0.2) is 0 Å². The summed E-state index contributed by atoms with van der Waals surface area (Å²) in [5.41, 5.74) is 4.63. The lowest BCUT2D eigenvalue weighted by Crippen LogP contribution is -2.42. The third-order valence-corrected chi connectivity index (χ3v) is 4.71. The number of allylic oxidation sites excluding steroid dienone is 5. The molecule has 0 aromatic carbocycles. The molecule has 2 unspecified atom stereocenters. The zero-order valence-corrected chi connectivity index (χ0v) is 15.9. The Morgan fingerprint density at radius 3 is 2.92 bits per heavy atom. The van der Waals surface area contributed by atoms with E-state index in [4.69, 9.17) is 16.3 Å². The predicted molar refractivity (Wildman–Crippen MR) is 105 cm³/mol. The minimum atomic E-state index is -0.0955. The summed E-state index contributed by atoms with van der Waals surface area (Å²) in [5.74, 6) is 0. The maximum absolute atomic E-state index is 6.19. The minimum Gasteiger partial charge on any atom is -0.378 e. The summed E-state index contributed by atoms with van der Waals surface area (Å²) in [7, 11) is 2.07. The van der Waals surface area contributed by atoms with Crippen molar-refractivity contribution < 1.29 is 4.74 Å². The molecule has 2 heterocycles. The largest absolute Gasteiger partial charge is 0.378 e. The van der Waals surface area contributed by atoms with Gasteiger partial charge in [0.25, 0.3) is 0 Å². The van der Waals surface area contributed by atoms with Crippen LogP contribution in [0.2, 0.25) is 0 Å². The maximum atomic E-state index is 6.19. The molecule has 1 N–H and O–H groups in total. The first-order chi connectivity index (χ1) is 11.9. The van der Waals surface area contributed by atoms with Crippen LogP contribution in [0.25, 0.3) is 0 Å². The topological polar surface area (TPSA) is 36.9 Å². The van der Waals surface area contributed by atoms with Crippen LogP contribution >= 0.6 is 11.6 Å². The van der Waals surface area contributed by atoms with Crippen LogP contribution in [-0.4, -0.2) is 42.5 Å². The molecule has 25 heavy (non-hydrogen) atoms. The molecule has 3 aliphatic rings. The summed E-state index contributed by atoms with van der Waals surface area (Å²) in [5, 5.41) is 4.41. The van der Waals surface area contributed by atoms with Crippen LogP contribution in [-0.2, 0) is 4.74 Å². The molecule has 4 nitrogen and oxygen atoms in total. The molecule has 0 spiro atoms. The Bertz CT molecular complexity index is 700. The number of aliphatic imine (C=N–C) groups is 1. The normalized spacial score (nSPS) is 31.4. The van der Waals surface area contributed by atoms with Crippen molar-refractivity contribution in [1.29, 1.82) is 0 Å². The fraction of sp³-hybridized carbons (Fsp3) is 0.450. The van der Waals surface area contributed by atoms with Crippen LogP contribution in [0.1, 0.15) is 26.7 Å². The molecule has 0 fully saturated rings. The molecule has 0 aromatic rings. The van der Waals surface area contributed by atoms with E-state index in [0.717, 1.165) is 29.2 Å². The molecular formula is C20H26ClN3O. The molecule has 5 heteroatoms. The SMILES string of the molecule is C=C1C/N=C2/C=CN(C)/C(=C(\NC3C=CC(Cl)=CC3OC(C)C)C1)C2. The zero-order chi connectivity index (χ0) is 18.0. The lowest BCUT2D eigenvalue weighted by atomic mass is 9.99. The predicted octanol–water partition coefficient (Wildman–Crippen LogP) is 3.89. The van der Waals surface area contributed by atoms with Crippen LogP contribution in [0.4, 0.5) is 0 Å². The van der Waals surface area contributed by atoms with Crippen LogP contribution in [0.5, 0.6) is 0 Å². The summed E-state index contributed by atoms with van der Waals surface area (Å²) in [6.07, 6.45) is 11.8. The molecule has 2 atom stereocenters. The number of hydrogen-bond donors (Lipinski definition) is 1. The molecule has 0 radical (unpaired) electrons. The van der Waals surface area contributed by atoms with E-state index in [2.05, 4.69) is 47.2 Å². The number of ether oxygens (including phenoxy) is 1. The Hall–Kier alpha value is -1.78. The van der Waals surface area contributed by atoms with Gasteiger partial charge in [0, 0.05) is 48.2 Å². The van der Waals surface area contributed by atoms with Crippen LogP contribution in [0.15, 0.2) is 64.1 Å². The highest BCUT2D eigenvalue weighted by Gasteiger charge is 2.26. The highest BCUT2D eigenvalue weighted by molar-refractivity contribution is 6.31. The third kappa shape index (κ3) is 4.44. The van der Waals surface area contributed by atoms with E-state index in [-0.39, 0.29) is 18.2 Å². The summed E-state index contributed by atoms with van der Waals surface area (Å²) in [6.45, 7) is 8.95. The molecule has 0 aromatic heterocycles. The molecule has 1 aliphatic carbocycles. The fourth-order valence-electron chi connectivity index (χ4n) is 3.22. The fourth-order valence-corrected chi connectivity index (χ4v) is 3.41. The number of halogens is 1. The van der Waals surface area contributed by atoms with E-state index < -0.39 is 0 Å². The quantitative estimate of drug-likeness (QED) is 0.773. The van der Waals surface area contributed by atoms with Crippen molar-refractivity contribution in [3.05, 3.63) is 59.1 Å². The second-order valence-corrected chi connectivity index (χ2v) is 7.43. The average molecular weight is 360 g/mol. The Kier molecular flexibility index (Phi) is 5.50. The second kappa shape index (κ2) is 7.63. The van der Waals surface area contributed by atoms with Gasteiger partial charge in [-0.2, -0.15) is 0 Å². The Morgan fingerprint density at radius 2 is 2.16 bits per heavy atom. The second-order valence-electron chi connectivity index (χ2n) is 6.99. The molecule has 3 rings (SSSR count). The third-order valence-electron chi connectivity index (χ3n) is 4.46. The van der Waals surface area contributed by atoms with Gasteiger partial charge in [-0.3, -0.25) is 4.99 Å². The van der Waals surface area contributed by atoms with Gasteiger partial charge >= 0.3 is 0 Å². The van der Waals surface area contributed by atoms with Crippen LogP contribution in [0.3, 0.4) is 0 Å². The Labute approximate surface area is 155 Å². The summed E-state index contributed by atoms with van der Waals surface area (Å²) in [6, 6.07) is 0.0410. The summed E-state index contributed by atoms with van der Waals surface area (Å²) in [4.78, 5) is 6.80. The molecule has 134 valence electrons. The van der Waals surface area contributed by atoms with E-state index in [1.165, 1.54) is 11.4 Å². The van der Waals surface area contributed by atoms with Crippen LogP contribution in [0, 0.1) is 0 Å². The van der Waals surface area contributed by atoms with Crippen molar-refractivity contribution in [3.8, 4) is 0 Å². The number of hydrogen-bond acceptors (Lipinski definition) is 4. The van der Waals surface area contributed by atoms with Crippen molar-refractivity contribution in [1.82, 2.24) is 10.2 Å². The van der Waals surface area contributed by atoms with E-state index in [9.17, 15) is 0 Å². The molecular weight excluding hydrogens is 334 g/mol. The molecule has 0 saturated carbocycles. The van der Waals surface area contributed by atoms with Crippen molar-refractivity contribution >= 4 is 17.3 Å². The van der Waals surface area contributed by atoms with E-state index >= 15 is 0 Å². The monoisotopic (exact) mass is 359 g/mol. The molecule has 0 saturated heterocycles. The lowest BCUT2D eigenvalue weighted by Gasteiger charge is -2.34. The zero-order valence-electron chi connectivity index (χ0n) is 15.1.